The number of carboxylic acid groups (broad SMARTS) is 1. The van der Waals surface area contributed by atoms with Gasteiger partial charge in [-0.3, -0.25) is 14.4 Å². The molecule has 0 spiro atoms. The van der Waals surface area contributed by atoms with Gasteiger partial charge in [0.2, 0.25) is 5.91 Å². The second-order valence-corrected chi connectivity index (χ2v) is 10.9. The second kappa shape index (κ2) is 11.0. The van der Waals surface area contributed by atoms with Crippen LogP contribution in [-0.2, 0) is 22.9 Å². The van der Waals surface area contributed by atoms with E-state index in [1.54, 1.807) is 29.2 Å². The summed E-state index contributed by atoms with van der Waals surface area (Å²) in [6.45, 7) is 0. The number of carboxylic acids is 1. The van der Waals surface area contributed by atoms with Crippen LogP contribution in [0.15, 0.2) is 72.8 Å². The van der Waals surface area contributed by atoms with Crippen LogP contribution in [0.4, 0.5) is 13.2 Å². The third kappa shape index (κ3) is 5.09. The summed E-state index contributed by atoms with van der Waals surface area (Å²) >= 11 is 0. The molecule has 1 heterocycles. The highest BCUT2D eigenvalue weighted by atomic mass is 19.4. The van der Waals surface area contributed by atoms with Crippen molar-refractivity contribution in [3.63, 3.8) is 0 Å². The maximum Gasteiger partial charge on any atom is 0.416 e. The lowest BCUT2D eigenvalue weighted by Gasteiger charge is -2.54. The van der Waals surface area contributed by atoms with Crippen molar-refractivity contribution in [3.05, 3.63) is 106 Å². The van der Waals surface area contributed by atoms with Crippen molar-refractivity contribution in [1.29, 1.82) is 0 Å². The zero-order valence-electron chi connectivity index (χ0n) is 22.4. The average Bonchev–Trinajstić information content (AvgIpc) is 3.22. The van der Waals surface area contributed by atoms with Crippen LogP contribution in [0.5, 0.6) is 0 Å². The van der Waals surface area contributed by atoms with E-state index < -0.39 is 53.4 Å². The van der Waals surface area contributed by atoms with Gasteiger partial charge in [0.05, 0.1) is 11.1 Å². The lowest BCUT2D eigenvalue weighted by Crippen LogP contribution is -2.62. The molecule has 2 aliphatic rings. The summed E-state index contributed by atoms with van der Waals surface area (Å²) in [4.78, 5) is 41.3. The van der Waals surface area contributed by atoms with E-state index in [0.717, 1.165) is 31.7 Å². The zero-order valence-corrected chi connectivity index (χ0v) is 22.4. The highest BCUT2D eigenvalue weighted by molar-refractivity contribution is 6.01. The minimum atomic E-state index is -4.70. The molecule has 2 unspecified atom stereocenters. The molecule has 214 valence electrons. The number of aliphatic carboxylic acids is 1. The van der Waals surface area contributed by atoms with Gasteiger partial charge in [0.25, 0.3) is 5.91 Å². The van der Waals surface area contributed by atoms with Gasteiger partial charge in [-0.25, -0.2) is 0 Å². The SMILES string of the molecule is NC(=O)c1ccc(C2(Cc3ccccc3C(F)(F)F)C(C(=O)O)c3ccccc3C(=O)N2C2CCCCCC2)cc1. The molecular weight excluding hydrogens is 533 g/mol. The molecule has 1 fully saturated rings. The van der Waals surface area contributed by atoms with Gasteiger partial charge in [0, 0.05) is 23.6 Å². The Bertz CT molecular complexity index is 1460. The standard InChI is InChI=1S/C32H31F3N2O4/c33-32(34,35)26-14-8-5-9-21(26)19-31(22-17-15-20(16-18-22)28(36)38)27(30(40)41)24-12-6-7-13-25(24)29(39)37(31)23-10-3-1-2-4-11-23/h5-9,12-18,23,27H,1-4,10-11,19H2,(H2,36,38)(H,40,41). The molecule has 6 nitrogen and oxygen atoms in total. The lowest BCUT2D eigenvalue weighted by molar-refractivity contribution is -0.144. The molecule has 3 aromatic rings. The van der Waals surface area contributed by atoms with Gasteiger partial charge in [-0.05, 0) is 53.8 Å². The predicted molar refractivity (Wildman–Crippen MR) is 146 cm³/mol. The van der Waals surface area contributed by atoms with E-state index in [2.05, 4.69) is 0 Å². The maximum atomic E-state index is 14.5. The molecule has 1 saturated carbocycles. The number of hydrogen-bond donors (Lipinski definition) is 2. The number of carbonyl (C=O) groups is 3. The summed E-state index contributed by atoms with van der Waals surface area (Å²) in [5.41, 5.74) is 3.71. The number of carbonyl (C=O) groups excluding carboxylic acids is 2. The third-order valence-corrected chi connectivity index (χ3v) is 8.52. The first-order valence-corrected chi connectivity index (χ1v) is 13.8. The van der Waals surface area contributed by atoms with Gasteiger partial charge >= 0.3 is 12.1 Å². The molecule has 2 amide bonds. The Labute approximate surface area is 236 Å². The zero-order chi connectivity index (χ0) is 29.4. The van der Waals surface area contributed by atoms with Crippen LogP contribution in [0.3, 0.4) is 0 Å². The van der Waals surface area contributed by atoms with Crippen molar-refractivity contribution in [3.8, 4) is 0 Å². The summed E-state index contributed by atoms with van der Waals surface area (Å²) in [5.74, 6) is -3.76. The van der Waals surface area contributed by atoms with Gasteiger partial charge in [-0.2, -0.15) is 13.2 Å². The van der Waals surface area contributed by atoms with Crippen molar-refractivity contribution < 1.29 is 32.7 Å². The first-order valence-electron chi connectivity index (χ1n) is 13.8. The maximum absolute atomic E-state index is 14.5. The molecule has 0 radical (unpaired) electrons. The number of hydrogen-bond acceptors (Lipinski definition) is 3. The second-order valence-electron chi connectivity index (χ2n) is 10.9. The minimum Gasteiger partial charge on any atom is -0.481 e. The van der Waals surface area contributed by atoms with E-state index in [-0.39, 0.29) is 22.3 Å². The minimum absolute atomic E-state index is 0.115. The van der Waals surface area contributed by atoms with Gasteiger partial charge in [0.1, 0.15) is 5.92 Å². The van der Waals surface area contributed by atoms with E-state index in [4.69, 9.17) is 5.73 Å². The summed E-state index contributed by atoms with van der Waals surface area (Å²) in [6, 6.07) is 17.1. The van der Waals surface area contributed by atoms with E-state index in [9.17, 15) is 32.7 Å². The lowest BCUT2D eigenvalue weighted by atomic mass is 9.65. The fourth-order valence-electron chi connectivity index (χ4n) is 6.76. The summed E-state index contributed by atoms with van der Waals surface area (Å²) < 4.78 is 42.9. The number of nitrogens with zero attached hydrogens (tertiary/aromatic N) is 1. The Balaban J connectivity index is 1.86. The summed E-state index contributed by atoms with van der Waals surface area (Å²) in [7, 11) is 0. The van der Waals surface area contributed by atoms with Gasteiger partial charge in [-0.1, -0.05) is 74.2 Å². The summed E-state index contributed by atoms with van der Waals surface area (Å²) in [6.07, 6.45) is -0.372. The van der Waals surface area contributed by atoms with Crippen LogP contribution >= 0.6 is 0 Å². The molecule has 41 heavy (non-hydrogen) atoms. The van der Waals surface area contributed by atoms with Crippen molar-refractivity contribution >= 4 is 17.8 Å². The first-order chi connectivity index (χ1) is 19.6. The highest BCUT2D eigenvalue weighted by Crippen LogP contribution is 2.53. The molecule has 2 atom stereocenters. The van der Waals surface area contributed by atoms with Crippen molar-refractivity contribution in [2.24, 2.45) is 5.73 Å². The number of amides is 2. The monoisotopic (exact) mass is 564 g/mol. The number of rotatable bonds is 6. The number of benzene rings is 3. The fraction of sp³-hybridized carbons (Fsp3) is 0.344. The Morgan fingerprint density at radius 3 is 2.12 bits per heavy atom. The van der Waals surface area contributed by atoms with E-state index in [1.807, 2.05) is 0 Å². The van der Waals surface area contributed by atoms with Gasteiger partial charge in [-0.15, -0.1) is 0 Å². The molecule has 5 rings (SSSR count). The Kier molecular flexibility index (Phi) is 7.64. The number of nitrogens with two attached hydrogens (primary N) is 1. The topological polar surface area (TPSA) is 101 Å². The largest absolute Gasteiger partial charge is 0.481 e. The van der Waals surface area contributed by atoms with Gasteiger partial charge < -0.3 is 15.7 Å². The highest BCUT2D eigenvalue weighted by Gasteiger charge is 2.58. The third-order valence-electron chi connectivity index (χ3n) is 8.52. The summed E-state index contributed by atoms with van der Waals surface area (Å²) in [5, 5.41) is 10.9. The van der Waals surface area contributed by atoms with Crippen LogP contribution in [-0.4, -0.2) is 33.8 Å². The predicted octanol–water partition coefficient (Wildman–Crippen LogP) is 6.29. The molecule has 0 saturated heterocycles. The molecule has 3 N–H and O–H groups in total. The van der Waals surface area contributed by atoms with Crippen molar-refractivity contribution in [1.82, 2.24) is 4.90 Å². The van der Waals surface area contributed by atoms with Crippen LogP contribution in [0.25, 0.3) is 0 Å². The smallest absolute Gasteiger partial charge is 0.416 e. The van der Waals surface area contributed by atoms with E-state index in [1.165, 1.54) is 42.5 Å². The number of primary amides is 1. The number of alkyl halides is 3. The molecule has 1 aliphatic heterocycles. The van der Waals surface area contributed by atoms with E-state index >= 15 is 0 Å². The Morgan fingerprint density at radius 1 is 0.902 bits per heavy atom. The number of halogens is 3. The molecule has 1 aliphatic carbocycles. The van der Waals surface area contributed by atoms with Crippen molar-refractivity contribution in [2.75, 3.05) is 0 Å². The van der Waals surface area contributed by atoms with E-state index in [0.29, 0.717) is 18.4 Å². The molecule has 0 aromatic heterocycles. The van der Waals surface area contributed by atoms with Crippen LogP contribution in [0, 0.1) is 0 Å². The van der Waals surface area contributed by atoms with Crippen LogP contribution in [0.2, 0.25) is 0 Å². The molecule has 9 heteroatoms. The van der Waals surface area contributed by atoms with Crippen LogP contribution < -0.4 is 5.73 Å². The number of fused-ring (bicyclic) bond motifs is 1. The normalized spacial score (nSPS) is 21.7. The molecule has 0 bridgehead atoms. The fourth-order valence-corrected chi connectivity index (χ4v) is 6.76. The van der Waals surface area contributed by atoms with Crippen LogP contribution in [0.1, 0.15) is 87.4 Å². The average molecular weight is 565 g/mol. The van der Waals surface area contributed by atoms with Crippen molar-refractivity contribution in [2.45, 2.75) is 68.6 Å². The molecule has 3 aromatic carbocycles. The quantitative estimate of drug-likeness (QED) is 0.344. The Hall–Kier alpha value is -4.14. The first kappa shape index (κ1) is 28.4. The Morgan fingerprint density at radius 2 is 1.51 bits per heavy atom. The molecular formula is C32H31F3N2O4. The van der Waals surface area contributed by atoms with Gasteiger partial charge in [0.15, 0.2) is 0 Å².